The average molecular weight is 801 g/mol. The Kier molecular flexibility index (Phi) is 8.66. The molecule has 0 atom stereocenters. The predicted molar refractivity (Wildman–Crippen MR) is 261 cm³/mol. The molecule has 1 aliphatic rings. The van der Waals surface area contributed by atoms with Crippen molar-refractivity contribution < 1.29 is 0 Å². The van der Waals surface area contributed by atoms with Crippen LogP contribution in [-0.4, -0.2) is 4.57 Å². The minimum atomic E-state index is -0.502. The highest BCUT2D eigenvalue weighted by molar-refractivity contribution is 6.10. The summed E-state index contributed by atoms with van der Waals surface area (Å²) in [6.45, 7) is 0. The van der Waals surface area contributed by atoms with E-state index in [-0.39, 0.29) is 0 Å². The fourth-order valence-electron chi connectivity index (χ4n) is 10.1. The number of hydrogen-bond acceptors (Lipinski definition) is 1. The molecule has 12 rings (SSSR count). The van der Waals surface area contributed by atoms with Crippen molar-refractivity contribution >= 4 is 38.9 Å². The van der Waals surface area contributed by atoms with Crippen LogP contribution in [-0.2, 0) is 5.41 Å². The van der Waals surface area contributed by atoms with Gasteiger partial charge in [0.25, 0.3) is 0 Å². The van der Waals surface area contributed by atoms with Gasteiger partial charge in [0.15, 0.2) is 0 Å². The second kappa shape index (κ2) is 15.0. The van der Waals surface area contributed by atoms with Crippen molar-refractivity contribution in [3.05, 3.63) is 277 Å². The van der Waals surface area contributed by atoms with Crippen LogP contribution < -0.4 is 4.90 Å². The number of hydrogen-bond donors (Lipinski definition) is 0. The van der Waals surface area contributed by atoms with E-state index in [2.05, 4.69) is 258 Å². The highest BCUT2D eigenvalue weighted by atomic mass is 15.1. The van der Waals surface area contributed by atoms with Gasteiger partial charge in [-0.25, -0.2) is 0 Å². The van der Waals surface area contributed by atoms with Gasteiger partial charge in [0.2, 0.25) is 0 Å². The molecule has 10 aromatic carbocycles. The van der Waals surface area contributed by atoms with E-state index < -0.39 is 5.41 Å². The normalized spacial score (nSPS) is 12.4. The van der Waals surface area contributed by atoms with E-state index in [0.29, 0.717) is 0 Å². The molecule has 0 amide bonds. The van der Waals surface area contributed by atoms with Gasteiger partial charge in [0, 0.05) is 39.1 Å². The third-order valence-electron chi connectivity index (χ3n) is 12.9. The van der Waals surface area contributed by atoms with Crippen LogP contribution in [0.25, 0.3) is 60.9 Å². The summed E-state index contributed by atoms with van der Waals surface area (Å²) in [7, 11) is 0. The van der Waals surface area contributed by atoms with Crippen LogP contribution in [0.2, 0.25) is 0 Å². The van der Waals surface area contributed by atoms with E-state index in [9.17, 15) is 0 Å². The number of rotatable bonds is 8. The third-order valence-corrected chi connectivity index (χ3v) is 12.9. The Balaban J connectivity index is 1.00. The van der Waals surface area contributed by atoms with Gasteiger partial charge in [-0.1, -0.05) is 182 Å². The maximum atomic E-state index is 3.52. The summed E-state index contributed by atoms with van der Waals surface area (Å²) < 4.78 is 2.39. The van der Waals surface area contributed by atoms with Gasteiger partial charge in [-0.05, 0) is 123 Å². The van der Waals surface area contributed by atoms with Gasteiger partial charge < -0.3 is 9.47 Å². The van der Waals surface area contributed by atoms with Crippen molar-refractivity contribution in [3.8, 4) is 39.1 Å². The zero-order valence-electron chi connectivity index (χ0n) is 34.5. The third kappa shape index (κ3) is 5.90. The minimum absolute atomic E-state index is 0.502. The van der Waals surface area contributed by atoms with Crippen LogP contribution in [0.5, 0.6) is 0 Å². The van der Waals surface area contributed by atoms with Crippen molar-refractivity contribution in [2.75, 3.05) is 4.90 Å². The van der Waals surface area contributed by atoms with Gasteiger partial charge in [-0.3, -0.25) is 0 Å². The molecule has 63 heavy (non-hydrogen) atoms. The summed E-state index contributed by atoms with van der Waals surface area (Å²) in [6.07, 6.45) is 0. The molecule has 0 fully saturated rings. The first-order valence-electron chi connectivity index (χ1n) is 21.6. The summed E-state index contributed by atoms with van der Waals surface area (Å²) in [5.41, 5.74) is 18.2. The van der Waals surface area contributed by atoms with Crippen molar-refractivity contribution in [1.82, 2.24) is 4.57 Å². The largest absolute Gasteiger partial charge is 0.310 e. The van der Waals surface area contributed by atoms with Gasteiger partial charge in [0.05, 0.1) is 16.4 Å². The second-order valence-electron chi connectivity index (χ2n) is 16.3. The summed E-state index contributed by atoms with van der Waals surface area (Å²) in [4.78, 5) is 2.38. The van der Waals surface area contributed by atoms with Gasteiger partial charge >= 0.3 is 0 Å². The summed E-state index contributed by atoms with van der Waals surface area (Å²) >= 11 is 0. The van der Waals surface area contributed by atoms with Crippen LogP contribution >= 0.6 is 0 Å². The summed E-state index contributed by atoms with van der Waals surface area (Å²) in [5, 5.41) is 2.47. The minimum Gasteiger partial charge on any atom is -0.310 e. The Morgan fingerprint density at radius 1 is 0.381 bits per heavy atom. The highest BCUT2D eigenvalue weighted by Crippen LogP contribution is 2.56. The molecule has 1 aliphatic carbocycles. The molecule has 2 heteroatoms. The molecule has 0 N–H and O–H groups in total. The molecule has 11 aromatic rings. The molecule has 0 saturated heterocycles. The molecule has 294 valence electrons. The zero-order valence-corrected chi connectivity index (χ0v) is 34.5. The first-order chi connectivity index (χ1) is 31.3. The van der Waals surface area contributed by atoms with Crippen molar-refractivity contribution in [3.63, 3.8) is 0 Å². The van der Waals surface area contributed by atoms with Crippen molar-refractivity contribution in [2.24, 2.45) is 0 Å². The molecular formula is C61H40N2. The maximum Gasteiger partial charge on any atom is 0.0720 e. The highest BCUT2D eigenvalue weighted by Gasteiger charge is 2.46. The fraction of sp³-hybridized carbons (Fsp3) is 0.0164. The number of benzene rings is 9. The van der Waals surface area contributed by atoms with Crippen LogP contribution in [0, 0.1) is 12.1 Å². The lowest BCUT2D eigenvalue weighted by Gasteiger charge is -2.33. The smallest absolute Gasteiger partial charge is 0.0720 e. The molecular weight excluding hydrogens is 761 g/mol. The Morgan fingerprint density at radius 3 is 1.57 bits per heavy atom. The van der Waals surface area contributed by atoms with Gasteiger partial charge in [0.1, 0.15) is 0 Å². The topological polar surface area (TPSA) is 8.17 Å². The number of fused-ring (bicyclic) bond motifs is 6. The second-order valence-corrected chi connectivity index (χ2v) is 16.3. The monoisotopic (exact) mass is 800 g/mol. The van der Waals surface area contributed by atoms with Gasteiger partial charge in [-0.2, -0.15) is 0 Å². The van der Waals surface area contributed by atoms with Gasteiger partial charge in [-0.15, -0.1) is 0 Å². The molecule has 2 nitrogen and oxygen atoms in total. The van der Waals surface area contributed by atoms with E-state index in [0.717, 1.165) is 39.4 Å². The summed E-state index contributed by atoms with van der Waals surface area (Å²) in [6, 6.07) is 94.8. The Labute approximate surface area is 368 Å². The van der Waals surface area contributed by atoms with E-state index in [1.807, 2.05) is 6.07 Å². The Morgan fingerprint density at radius 2 is 0.905 bits per heavy atom. The molecule has 1 aromatic heterocycles. The zero-order chi connectivity index (χ0) is 41.7. The van der Waals surface area contributed by atoms with Crippen LogP contribution in [0.15, 0.2) is 243 Å². The molecule has 1 heterocycles. The molecule has 0 saturated carbocycles. The Hall–Kier alpha value is -8.38. The quantitative estimate of drug-likeness (QED) is 0.149. The molecule has 0 spiro atoms. The number of para-hydroxylation sites is 2. The number of anilines is 3. The van der Waals surface area contributed by atoms with Crippen LogP contribution in [0.4, 0.5) is 17.1 Å². The summed E-state index contributed by atoms with van der Waals surface area (Å²) in [5.74, 6) is 0. The molecule has 0 radical (unpaired) electrons. The van der Waals surface area contributed by atoms with E-state index in [4.69, 9.17) is 0 Å². The lowest BCUT2D eigenvalue weighted by molar-refractivity contribution is 0.769. The predicted octanol–water partition coefficient (Wildman–Crippen LogP) is 15.6. The SMILES string of the molecule is c1ccc2c(c#1)-c1ccc(-c3ccc(N(c4ccc(-c5ccccc5)cc4)c4ccc5c6ccccc6n(-c6ccccc6)c5c4)cc3)cc1C2(c1ccccc1)c1ccccc1. The first-order valence-corrected chi connectivity index (χ1v) is 21.6. The van der Waals surface area contributed by atoms with E-state index >= 15 is 0 Å². The maximum absolute atomic E-state index is 3.52. The molecule has 0 aliphatic heterocycles. The Bertz CT molecular complexity index is 3370. The van der Waals surface area contributed by atoms with Crippen molar-refractivity contribution in [2.45, 2.75) is 5.41 Å². The lowest BCUT2D eigenvalue weighted by atomic mass is 9.67. The van der Waals surface area contributed by atoms with E-state index in [1.54, 1.807) is 0 Å². The number of nitrogens with zero attached hydrogens (tertiary/aromatic N) is 2. The van der Waals surface area contributed by atoms with Crippen LogP contribution in [0.3, 0.4) is 0 Å². The number of aromatic nitrogens is 1. The van der Waals surface area contributed by atoms with E-state index in [1.165, 1.54) is 60.8 Å². The van der Waals surface area contributed by atoms with Crippen molar-refractivity contribution in [1.29, 1.82) is 0 Å². The van der Waals surface area contributed by atoms with Crippen LogP contribution in [0.1, 0.15) is 22.3 Å². The lowest BCUT2D eigenvalue weighted by Crippen LogP contribution is -2.28. The molecule has 0 bridgehead atoms. The average Bonchev–Trinajstić information content (AvgIpc) is 3.86. The standard InChI is InChI=1S/C61H40N2/c1-5-17-43(18-6-1)44-29-34-50(35-30-44)62(52-38-40-56-55-26-14-16-28-59(55)63(60(56)42-52)49-23-11-4-12-24-49)51-36-31-45(32-37-51)46-33-39-54-53-25-13-15-27-57(53)61(58(54)41-46,47-19-7-2-8-20-47)48-21-9-3-10-22-48/h1-12,14-24,26-42H. The molecule has 0 unspecified atom stereocenters. The first kappa shape index (κ1) is 36.5. The fourth-order valence-corrected chi connectivity index (χ4v) is 10.1.